The fourth-order valence-corrected chi connectivity index (χ4v) is 3.41. The van der Waals surface area contributed by atoms with E-state index in [1.54, 1.807) is 42.7 Å². The highest BCUT2D eigenvalue weighted by atomic mass is 32.2. The average molecular weight is 382 g/mol. The second-order valence-electron chi connectivity index (χ2n) is 5.58. The minimum absolute atomic E-state index is 0.388. The van der Waals surface area contributed by atoms with Crippen molar-refractivity contribution in [2.45, 2.75) is 16.8 Å². The second-order valence-corrected chi connectivity index (χ2v) is 6.60. The van der Waals surface area contributed by atoms with E-state index in [-0.39, 0.29) is 0 Å². The molecule has 0 aliphatic carbocycles. The number of hydrogen-bond acceptors (Lipinski definition) is 6. The van der Waals surface area contributed by atoms with Gasteiger partial charge in [0.05, 0.1) is 24.7 Å². The summed E-state index contributed by atoms with van der Waals surface area (Å²) in [6.07, 6.45) is 0.489. The van der Waals surface area contributed by atoms with Crippen LogP contribution in [0.5, 0.6) is 0 Å². The van der Waals surface area contributed by atoms with E-state index < -0.39 is 18.0 Å². The van der Waals surface area contributed by atoms with E-state index in [1.165, 1.54) is 18.9 Å². The van der Waals surface area contributed by atoms with Crippen LogP contribution in [0.25, 0.3) is 0 Å². The maximum absolute atomic E-state index is 12.8. The van der Waals surface area contributed by atoms with Crippen molar-refractivity contribution in [3.63, 3.8) is 0 Å². The summed E-state index contributed by atoms with van der Waals surface area (Å²) in [7, 11) is 1.26. The zero-order chi connectivity index (χ0) is 19.1. The minimum Gasteiger partial charge on any atom is -0.468 e. The van der Waals surface area contributed by atoms with Crippen LogP contribution in [0.2, 0.25) is 0 Å². The summed E-state index contributed by atoms with van der Waals surface area (Å²) in [4.78, 5) is 25.6. The minimum atomic E-state index is -1.12. The van der Waals surface area contributed by atoms with E-state index in [0.717, 1.165) is 10.7 Å². The first-order valence-electron chi connectivity index (χ1n) is 8.27. The third-order valence-corrected chi connectivity index (χ3v) is 4.90. The molecular weight excluding hydrogens is 364 g/mol. The SMILES string of the molecule is COC(=O)[C@H](OC(=O)c1ccccc1SCc1ccco1)c1ccccc1. The van der Waals surface area contributed by atoms with Gasteiger partial charge in [0.1, 0.15) is 5.76 Å². The Morgan fingerprint density at radius 2 is 1.74 bits per heavy atom. The first-order valence-corrected chi connectivity index (χ1v) is 9.25. The van der Waals surface area contributed by atoms with Gasteiger partial charge in [0.2, 0.25) is 6.10 Å². The number of methoxy groups -OCH3 is 1. The lowest BCUT2D eigenvalue weighted by Gasteiger charge is -2.17. The lowest BCUT2D eigenvalue weighted by molar-refractivity contribution is -0.151. The van der Waals surface area contributed by atoms with Gasteiger partial charge in [-0.1, -0.05) is 42.5 Å². The molecule has 0 aliphatic rings. The van der Waals surface area contributed by atoms with Crippen LogP contribution in [-0.2, 0) is 20.0 Å². The molecule has 138 valence electrons. The molecule has 0 aliphatic heterocycles. The fraction of sp³-hybridized carbons (Fsp3) is 0.143. The van der Waals surface area contributed by atoms with Gasteiger partial charge in [-0.15, -0.1) is 11.8 Å². The van der Waals surface area contributed by atoms with Crippen molar-refractivity contribution in [3.05, 3.63) is 89.9 Å². The van der Waals surface area contributed by atoms with Gasteiger partial charge in [-0.05, 0) is 24.3 Å². The molecule has 0 amide bonds. The van der Waals surface area contributed by atoms with Gasteiger partial charge in [-0.2, -0.15) is 0 Å². The van der Waals surface area contributed by atoms with E-state index in [1.807, 2.05) is 30.3 Å². The Bertz CT molecular complexity index is 890. The molecule has 0 N–H and O–H groups in total. The normalized spacial score (nSPS) is 11.6. The van der Waals surface area contributed by atoms with Crippen molar-refractivity contribution in [1.29, 1.82) is 0 Å². The van der Waals surface area contributed by atoms with Gasteiger partial charge in [0, 0.05) is 10.5 Å². The molecule has 1 heterocycles. The zero-order valence-corrected chi connectivity index (χ0v) is 15.5. The monoisotopic (exact) mass is 382 g/mol. The molecule has 0 spiro atoms. The number of carbonyl (C=O) groups is 2. The molecule has 0 saturated carbocycles. The van der Waals surface area contributed by atoms with Crippen LogP contribution in [0, 0.1) is 0 Å². The molecule has 0 saturated heterocycles. The van der Waals surface area contributed by atoms with Crippen LogP contribution in [-0.4, -0.2) is 19.0 Å². The molecule has 27 heavy (non-hydrogen) atoms. The number of rotatable bonds is 7. The van der Waals surface area contributed by atoms with Crippen LogP contribution >= 0.6 is 11.8 Å². The molecule has 1 aromatic heterocycles. The predicted molar refractivity (Wildman–Crippen MR) is 101 cm³/mol. The van der Waals surface area contributed by atoms with Gasteiger partial charge in [0.15, 0.2) is 0 Å². The molecular formula is C21H18O5S. The van der Waals surface area contributed by atoms with Gasteiger partial charge in [-0.25, -0.2) is 9.59 Å². The number of thioether (sulfide) groups is 1. The largest absolute Gasteiger partial charge is 0.468 e. The quantitative estimate of drug-likeness (QED) is 0.438. The summed E-state index contributed by atoms with van der Waals surface area (Å²) < 4.78 is 15.6. The molecule has 0 radical (unpaired) electrons. The van der Waals surface area contributed by atoms with E-state index in [0.29, 0.717) is 16.9 Å². The molecule has 3 rings (SSSR count). The summed E-state index contributed by atoms with van der Waals surface area (Å²) in [6, 6.07) is 19.6. The molecule has 1 atom stereocenters. The predicted octanol–water partition coefficient (Wildman–Crippen LogP) is 4.64. The Balaban J connectivity index is 1.79. The van der Waals surface area contributed by atoms with Crippen molar-refractivity contribution < 1.29 is 23.5 Å². The second kappa shape index (κ2) is 9.09. The number of furan rings is 1. The van der Waals surface area contributed by atoms with Crippen molar-refractivity contribution in [2.24, 2.45) is 0 Å². The van der Waals surface area contributed by atoms with E-state index in [9.17, 15) is 9.59 Å². The van der Waals surface area contributed by atoms with Crippen molar-refractivity contribution in [2.75, 3.05) is 7.11 Å². The summed E-state index contributed by atoms with van der Waals surface area (Å²) in [5.41, 5.74) is 0.942. The molecule has 3 aromatic rings. The van der Waals surface area contributed by atoms with Gasteiger partial charge < -0.3 is 13.9 Å². The highest BCUT2D eigenvalue weighted by molar-refractivity contribution is 7.98. The highest BCUT2D eigenvalue weighted by Crippen LogP contribution is 2.29. The summed E-state index contributed by atoms with van der Waals surface area (Å²) in [6.45, 7) is 0. The fourth-order valence-electron chi connectivity index (χ4n) is 2.46. The lowest BCUT2D eigenvalue weighted by Crippen LogP contribution is -2.21. The highest BCUT2D eigenvalue weighted by Gasteiger charge is 2.27. The number of hydrogen-bond donors (Lipinski definition) is 0. The molecule has 5 nitrogen and oxygen atoms in total. The Kier molecular flexibility index (Phi) is 6.33. The van der Waals surface area contributed by atoms with Gasteiger partial charge in [-0.3, -0.25) is 0 Å². The first kappa shape index (κ1) is 18.8. The van der Waals surface area contributed by atoms with Crippen LogP contribution in [0.15, 0.2) is 82.3 Å². The van der Waals surface area contributed by atoms with Crippen molar-refractivity contribution in [3.8, 4) is 0 Å². The number of carbonyl (C=O) groups excluding carboxylic acids is 2. The van der Waals surface area contributed by atoms with Crippen LogP contribution in [0.3, 0.4) is 0 Å². The first-order chi connectivity index (χ1) is 13.2. The third kappa shape index (κ3) is 4.80. The summed E-state index contributed by atoms with van der Waals surface area (Å²) in [5.74, 6) is 0.170. The van der Waals surface area contributed by atoms with Crippen LogP contribution in [0.1, 0.15) is 27.8 Å². The Morgan fingerprint density at radius 3 is 2.44 bits per heavy atom. The van der Waals surface area contributed by atoms with Gasteiger partial charge in [0.25, 0.3) is 0 Å². The van der Waals surface area contributed by atoms with Crippen LogP contribution < -0.4 is 0 Å². The van der Waals surface area contributed by atoms with Crippen molar-refractivity contribution >= 4 is 23.7 Å². The number of benzene rings is 2. The van der Waals surface area contributed by atoms with E-state index >= 15 is 0 Å². The third-order valence-electron chi connectivity index (χ3n) is 3.80. The molecule has 0 unspecified atom stereocenters. The average Bonchev–Trinajstić information content (AvgIpc) is 3.24. The smallest absolute Gasteiger partial charge is 0.351 e. The van der Waals surface area contributed by atoms with E-state index in [4.69, 9.17) is 13.9 Å². The van der Waals surface area contributed by atoms with Crippen molar-refractivity contribution in [1.82, 2.24) is 0 Å². The standard InChI is InChI=1S/C21H18O5S/c1-24-21(23)19(15-8-3-2-4-9-15)26-20(22)17-11-5-6-12-18(17)27-14-16-10-7-13-25-16/h2-13,19H,14H2,1H3/t19-/m1/s1. The molecule has 0 fully saturated rings. The molecule has 0 bridgehead atoms. The number of ether oxygens (including phenoxy) is 2. The maximum atomic E-state index is 12.8. The maximum Gasteiger partial charge on any atom is 0.351 e. The van der Waals surface area contributed by atoms with Gasteiger partial charge >= 0.3 is 11.9 Å². The Morgan fingerprint density at radius 1 is 1.00 bits per heavy atom. The van der Waals surface area contributed by atoms with E-state index in [2.05, 4.69) is 0 Å². The van der Waals surface area contributed by atoms with Crippen LogP contribution in [0.4, 0.5) is 0 Å². The number of esters is 2. The molecule has 2 aromatic carbocycles. The Hall–Kier alpha value is -2.99. The Labute approximate surface area is 161 Å². The zero-order valence-electron chi connectivity index (χ0n) is 14.7. The summed E-state index contributed by atoms with van der Waals surface area (Å²) in [5, 5.41) is 0. The lowest BCUT2D eigenvalue weighted by atomic mass is 10.1. The summed E-state index contributed by atoms with van der Waals surface area (Å²) >= 11 is 1.46. The molecule has 6 heteroatoms. The topological polar surface area (TPSA) is 65.7 Å².